The summed E-state index contributed by atoms with van der Waals surface area (Å²) >= 11 is 5.74. The van der Waals surface area contributed by atoms with Crippen LogP contribution in [-0.2, 0) is 4.79 Å². The molecule has 3 N–H and O–H groups in total. The molecule has 1 rings (SSSR count). The van der Waals surface area contributed by atoms with Gasteiger partial charge < -0.3 is 11.1 Å². The van der Waals surface area contributed by atoms with Crippen LogP contribution in [0.2, 0.25) is 5.02 Å². The monoisotopic (exact) mass is 299 g/mol. The van der Waals surface area contributed by atoms with Gasteiger partial charge >= 0.3 is 0 Å². The number of carbonyl (C=O) groups excluding carboxylic acids is 2. The summed E-state index contributed by atoms with van der Waals surface area (Å²) in [6.07, 6.45) is -0.0902. The Balaban J connectivity index is 3.06. The largest absolute Gasteiger partial charge is 0.370 e. The Kier molecular flexibility index (Phi) is 4.67. The van der Waals surface area contributed by atoms with Crippen LogP contribution in [0, 0.1) is 10.1 Å². The van der Waals surface area contributed by atoms with Crippen LogP contribution < -0.4 is 11.1 Å². The van der Waals surface area contributed by atoms with Gasteiger partial charge in [-0.05, 0) is 26.0 Å². The first-order chi connectivity index (χ1) is 9.12. The highest BCUT2D eigenvalue weighted by molar-refractivity contribution is 6.31. The molecule has 0 atom stereocenters. The normalized spacial score (nSPS) is 10.9. The van der Waals surface area contributed by atoms with Crippen molar-refractivity contribution in [3.8, 4) is 0 Å². The summed E-state index contributed by atoms with van der Waals surface area (Å²) in [5.41, 5.74) is 3.63. The molecule has 0 spiro atoms. The van der Waals surface area contributed by atoms with Crippen LogP contribution in [0.5, 0.6) is 0 Å². The van der Waals surface area contributed by atoms with Gasteiger partial charge in [0.2, 0.25) is 5.91 Å². The first-order valence-corrected chi connectivity index (χ1v) is 6.05. The van der Waals surface area contributed by atoms with Gasteiger partial charge in [0.15, 0.2) is 0 Å². The molecule has 0 aliphatic rings. The second-order valence-electron chi connectivity index (χ2n) is 4.90. The molecule has 0 aromatic heterocycles. The van der Waals surface area contributed by atoms with Gasteiger partial charge in [-0.2, -0.15) is 0 Å². The van der Waals surface area contributed by atoms with E-state index in [1.165, 1.54) is 12.1 Å². The van der Waals surface area contributed by atoms with Crippen molar-refractivity contribution < 1.29 is 14.5 Å². The SMILES string of the molecule is CC(C)(CC(N)=O)NC(=O)c1cc(Cl)ccc1[N+](=O)[O-]. The van der Waals surface area contributed by atoms with E-state index in [0.29, 0.717) is 0 Å². The number of hydrogen-bond donors (Lipinski definition) is 2. The zero-order chi connectivity index (χ0) is 15.5. The van der Waals surface area contributed by atoms with Gasteiger partial charge in [0.1, 0.15) is 5.56 Å². The van der Waals surface area contributed by atoms with Crippen molar-refractivity contribution in [2.75, 3.05) is 0 Å². The quantitative estimate of drug-likeness (QED) is 0.635. The van der Waals surface area contributed by atoms with Gasteiger partial charge in [0.25, 0.3) is 11.6 Å². The van der Waals surface area contributed by atoms with Crippen LogP contribution in [0.25, 0.3) is 0 Å². The van der Waals surface area contributed by atoms with Crippen LogP contribution in [-0.4, -0.2) is 22.3 Å². The molecule has 0 saturated carbocycles. The minimum Gasteiger partial charge on any atom is -0.370 e. The number of rotatable bonds is 5. The van der Waals surface area contributed by atoms with E-state index in [9.17, 15) is 19.7 Å². The van der Waals surface area contributed by atoms with E-state index in [-0.39, 0.29) is 22.7 Å². The van der Waals surface area contributed by atoms with Crippen LogP contribution in [0.1, 0.15) is 30.6 Å². The highest BCUT2D eigenvalue weighted by Crippen LogP contribution is 2.23. The molecule has 8 heteroatoms. The molecule has 0 saturated heterocycles. The number of nitrogens with one attached hydrogen (secondary N) is 1. The second-order valence-corrected chi connectivity index (χ2v) is 5.34. The molecule has 0 radical (unpaired) electrons. The Morgan fingerprint density at radius 3 is 2.55 bits per heavy atom. The third kappa shape index (κ3) is 4.20. The number of halogens is 1. The number of nitro benzene ring substituents is 1. The van der Waals surface area contributed by atoms with Crippen molar-refractivity contribution in [3.63, 3.8) is 0 Å². The minimum absolute atomic E-state index is 0.0902. The summed E-state index contributed by atoms with van der Waals surface area (Å²) in [4.78, 5) is 33.2. The maximum atomic E-state index is 12.1. The molecule has 0 aliphatic heterocycles. The topological polar surface area (TPSA) is 115 Å². The first-order valence-electron chi connectivity index (χ1n) is 5.67. The van der Waals surface area contributed by atoms with Crippen molar-refractivity contribution in [1.29, 1.82) is 0 Å². The molecule has 0 fully saturated rings. The fraction of sp³-hybridized carbons (Fsp3) is 0.333. The molecule has 2 amide bonds. The van der Waals surface area contributed by atoms with Crippen molar-refractivity contribution in [2.24, 2.45) is 5.73 Å². The predicted molar refractivity (Wildman–Crippen MR) is 73.5 cm³/mol. The maximum absolute atomic E-state index is 12.1. The zero-order valence-corrected chi connectivity index (χ0v) is 11.7. The highest BCUT2D eigenvalue weighted by Gasteiger charge is 2.27. The van der Waals surface area contributed by atoms with E-state index in [2.05, 4.69) is 5.32 Å². The second kappa shape index (κ2) is 5.87. The number of nitrogens with zero attached hydrogens (tertiary/aromatic N) is 1. The predicted octanol–water partition coefficient (Wildman–Crippen LogP) is 1.63. The summed E-state index contributed by atoms with van der Waals surface area (Å²) in [6.45, 7) is 3.18. The lowest BCUT2D eigenvalue weighted by Gasteiger charge is -2.24. The van der Waals surface area contributed by atoms with Crippen molar-refractivity contribution in [2.45, 2.75) is 25.8 Å². The molecule has 0 bridgehead atoms. The lowest BCUT2D eigenvalue weighted by Crippen LogP contribution is -2.46. The van der Waals surface area contributed by atoms with Crippen molar-refractivity contribution >= 4 is 29.1 Å². The van der Waals surface area contributed by atoms with Gasteiger partial charge in [-0.25, -0.2) is 0 Å². The molecule has 108 valence electrons. The third-order valence-corrected chi connectivity index (χ3v) is 2.70. The maximum Gasteiger partial charge on any atom is 0.282 e. The molecule has 0 unspecified atom stereocenters. The minimum atomic E-state index is -0.918. The van der Waals surface area contributed by atoms with E-state index in [0.717, 1.165) is 6.07 Å². The molecule has 1 aromatic rings. The molecule has 1 aromatic carbocycles. The van der Waals surface area contributed by atoms with Gasteiger partial charge in [-0.1, -0.05) is 11.6 Å². The van der Waals surface area contributed by atoms with Gasteiger partial charge in [-0.15, -0.1) is 0 Å². The Morgan fingerprint density at radius 2 is 2.05 bits per heavy atom. The molecule has 7 nitrogen and oxygen atoms in total. The Hall–Kier alpha value is -2.15. The van der Waals surface area contributed by atoms with E-state index in [4.69, 9.17) is 17.3 Å². The highest BCUT2D eigenvalue weighted by atomic mass is 35.5. The van der Waals surface area contributed by atoms with Gasteiger partial charge in [0, 0.05) is 23.0 Å². The van der Waals surface area contributed by atoms with Crippen LogP contribution >= 0.6 is 11.6 Å². The number of primary amides is 1. The molecule has 20 heavy (non-hydrogen) atoms. The Bertz CT molecular complexity index is 572. The Labute approximate surface area is 120 Å². The van der Waals surface area contributed by atoms with Gasteiger partial charge in [0.05, 0.1) is 4.92 Å². The van der Waals surface area contributed by atoms with Crippen LogP contribution in [0.3, 0.4) is 0 Å². The number of nitro groups is 1. The lowest BCUT2D eigenvalue weighted by molar-refractivity contribution is -0.385. The number of hydrogen-bond acceptors (Lipinski definition) is 4. The molecule has 0 aliphatic carbocycles. The lowest BCUT2D eigenvalue weighted by atomic mass is 9.99. The van der Waals surface area contributed by atoms with E-state index in [1.54, 1.807) is 13.8 Å². The summed E-state index contributed by atoms with van der Waals surface area (Å²) in [5.74, 6) is -1.28. The number of amides is 2. The summed E-state index contributed by atoms with van der Waals surface area (Å²) in [5, 5.41) is 13.6. The summed E-state index contributed by atoms with van der Waals surface area (Å²) < 4.78 is 0. The Morgan fingerprint density at radius 1 is 1.45 bits per heavy atom. The summed E-state index contributed by atoms with van der Waals surface area (Å²) in [7, 11) is 0. The fourth-order valence-corrected chi connectivity index (χ4v) is 1.88. The van der Waals surface area contributed by atoms with Crippen LogP contribution in [0.4, 0.5) is 5.69 Å². The van der Waals surface area contributed by atoms with E-state index < -0.39 is 22.3 Å². The zero-order valence-electron chi connectivity index (χ0n) is 11.0. The average Bonchev–Trinajstić information content (AvgIpc) is 2.25. The van der Waals surface area contributed by atoms with Gasteiger partial charge in [-0.3, -0.25) is 19.7 Å². The average molecular weight is 300 g/mol. The molecular formula is C12H14ClN3O4. The van der Waals surface area contributed by atoms with Crippen LogP contribution in [0.15, 0.2) is 18.2 Å². The molecule has 0 heterocycles. The first kappa shape index (κ1) is 15.9. The van der Waals surface area contributed by atoms with Crippen molar-refractivity contribution in [1.82, 2.24) is 5.32 Å². The third-order valence-electron chi connectivity index (χ3n) is 2.47. The van der Waals surface area contributed by atoms with Crippen molar-refractivity contribution in [3.05, 3.63) is 38.9 Å². The molecular weight excluding hydrogens is 286 g/mol. The number of nitrogens with two attached hydrogens (primary N) is 1. The van der Waals surface area contributed by atoms with E-state index >= 15 is 0 Å². The fourth-order valence-electron chi connectivity index (χ4n) is 1.70. The summed E-state index contributed by atoms with van der Waals surface area (Å²) in [6, 6.07) is 3.68. The van der Waals surface area contributed by atoms with E-state index in [1.807, 2.05) is 0 Å². The smallest absolute Gasteiger partial charge is 0.282 e. The number of carbonyl (C=O) groups is 2. The number of benzene rings is 1. The standard InChI is InChI=1S/C12H14ClN3O4/c1-12(2,6-10(14)17)15-11(18)8-5-7(13)3-4-9(8)16(19)20/h3-5H,6H2,1-2H3,(H2,14,17)(H,15,18).